The highest BCUT2D eigenvalue weighted by Gasteiger charge is 2.29. The van der Waals surface area contributed by atoms with Crippen molar-refractivity contribution >= 4 is 17.5 Å². The van der Waals surface area contributed by atoms with Crippen molar-refractivity contribution in [1.29, 1.82) is 0 Å². The van der Waals surface area contributed by atoms with Gasteiger partial charge in [-0.25, -0.2) is 4.90 Å². The molecule has 0 saturated carbocycles. The molecule has 0 unspecified atom stereocenters. The largest absolute Gasteiger partial charge is 0.384 e. The van der Waals surface area contributed by atoms with E-state index in [1.165, 1.54) is 0 Å². The molecule has 5 heteroatoms. The van der Waals surface area contributed by atoms with Crippen molar-refractivity contribution in [3.8, 4) is 11.8 Å². The van der Waals surface area contributed by atoms with Gasteiger partial charge >= 0.3 is 0 Å². The monoisotopic (exact) mass is 259 g/mol. The first-order valence-corrected chi connectivity index (χ1v) is 5.77. The lowest BCUT2D eigenvalue weighted by atomic mass is 10.1. The third kappa shape index (κ3) is 2.81. The van der Waals surface area contributed by atoms with E-state index in [1.807, 2.05) is 6.92 Å². The summed E-state index contributed by atoms with van der Waals surface area (Å²) in [5.74, 6) is 4.51. The van der Waals surface area contributed by atoms with Gasteiger partial charge in [-0.2, -0.15) is 0 Å². The zero-order valence-corrected chi connectivity index (χ0v) is 10.5. The Morgan fingerprint density at radius 3 is 2.63 bits per heavy atom. The minimum Gasteiger partial charge on any atom is -0.384 e. The van der Waals surface area contributed by atoms with Crippen molar-refractivity contribution < 1.29 is 19.4 Å². The zero-order chi connectivity index (χ0) is 13.8. The lowest BCUT2D eigenvalue weighted by molar-refractivity contribution is -0.138. The molecular weight excluding hydrogens is 246 g/mol. The number of ether oxygens (including phenoxy) is 1. The maximum absolute atomic E-state index is 11.8. The third-order valence-corrected chi connectivity index (χ3v) is 2.71. The number of aliphatic hydroxyl groups excluding tert-OH is 1. The van der Waals surface area contributed by atoms with Crippen LogP contribution >= 0.6 is 0 Å². The number of hydrogen-bond donors (Lipinski definition) is 1. The van der Waals surface area contributed by atoms with Crippen LogP contribution in [-0.2, 0) is 14.3 Å². The minimum absolute atomic E-state index is 0.0995. The fraction of sp³-hybridized carbons (Fsp3) is 0.286. The highest BCUT2D eigenvalue weighted by atomic mass is 16.5. The summed E-state index contributed by atoms with van der Waals surface area (Å²) in [6.07, 6.45) is 0. The van der Waals surface area contributed by atoms with Crippen LogP contribution in [0.2, 0.25) is 0 Å². The summed E-state index contributed by atoms with van der Waals surface area (Å²) in [5, 5.41) is 8.68. The Morgan fingerprint density at radius 1 is 1.32 bits per heavy atom. The predicted octanol–water partition coefficient (Wildman–Crippen LogP) is 0.229. The number of imide groups is 1. The van der Waals surface area contributed by atoms with Gasteiger partial charge in [0.1, 0.15) is 19.8 Å². The van der Waals surface area contributed by atoms with Crippen LogP contribution in [0.1, 0.15) is 11.1 Å². The van der Waals surface area contributed by atoms with Crippen molar-refractivity contribution in [2.75, 3.05) is 24.7 Å². The number of nitrogens with zero attached hydrogens (tertiary/aromatic N) is 1. The maximum atomic E-state index is 11.8. The first kappa shape index (κ1) is 13.3. The number of carbonyl (C=O) groups is 2. The zero-order valence-electron chi connectivity index (χ0n) is 10.5. The number of amides is 2. The first-order chi connectivity index (χ1) is 9.13. The minimum atomic E-state index is -0.383. The Kier molecular flexibility index (Phi) is 3.95. The fourth-order valence-electron chi connectivity index (χ4n) is 1.83. The number of morpholine rings is 1. The van der Waals surface area contributed by atoms with E-state index in [-0.39, 0.29) is 31.6 Å². The van der Waals surface area contributed by atoms with E-state index < -0.39 is 0 Å². The molecule has 0 aromatic heterocycles. The Labute approximate surface area is 110 Å². The molecule has 2 amide bonds. The molecule has 0 atom stereocenters. The third-order valence-electron chi connectivity index (χ3n) is 2.71. The van der Waals surface area contributed by atoms with Crippen LogP contribution in [0.3, 0.4) is 0 Å². The summed E-state index contributed by atoms with van der Waals surface area (Å²) in [7, 11) is 0. The highest BCUT2D eigenvalue weighted by molar-refractivity contribution is 6.17. The molecule has 1 aromatic rings. The van der Waals surface area contributed by atoms with E-state index in [9.17, 15) is 9.59 Å². The SMILES string of the molecule is Cc1ccc(C#CCO)cc1N1C(=O)COCC1=O. The van der Waals surface area contributed by atoms with Crippen molar-refractivity contribution in [3.63, 3.8) is 0 Å². The van der Waals surface area contributed by atoms with Gasteiger partial charge in [0, 0.05) is 5.56 Å². The molecule has 1 aliphatic heterocycles. The first-order valence-electron chi connectivity index (χ1n) is 5.77. The van der Waals surface area contributed by atoms with Gasteiger partial charge in [-0.15, -0.1) is 0 Å². The molecule has 1 saturated heterocycles. The Hall–Kier alpha value is -2.16. The number of carbonyl (C=O) groups excluding carboxylic acids is 2. The number of aryl methyl sites for hydroxylation is 1. The van der Waals surface area contributed by atoms with Gasteiger partial charge in [-0.1, -0.05) is 17.9 Å². The molecule has 5 nitrogen and oxygen atoms in total. The van der Waals surface area contributed by atoms with Crippen LogP contribution in [0.5, 0.6) is 0 Å². The second-order valence-electron chi connectivity index (χ2n) is 4.08. The van der Waals surface area contributed by atoms with Gasteiger partial charge in [0.15, 0.2) is 0 Å². The van der Waals surface area contributed by atoms with Crippen molar-refractivity contribution in [2.24, 2.45) is 0 Å². The van der Waals surface area contributed by atoms with E-state index >= 15 is 0 Å². The molecule has 0 aliphatic carbocycles. The number of aliphatic hydroxyl groups is 1. The molecule has 1 aliphatic rings. The van der Waals surface area contributed by atoms with Crippen LogP contribution in [-0.4, -0.2) is 36.7 Å². The van der Waals surface area contributed by atoms with Crippen LogP contribution in [0.15, 0.2) is 18.2 Å². The van der Waals surface area contributed by atoms with Gasteiger partial charge in [-0.05, 0) is 24.6 Å². The number of benzene rings is 1. The van der Waals surface area contributed by atoms with Crippen molar-refractivity contribution in [3.05, 3.63) is 29.3 Å². The van der Waals surface area contributed by atoms with Crippen molar-refractivity contribution in [1.82, 2.24) is 0 Å². The van der Waals surface area contributed by atoms with Crippen LogP contribution in [0.25, 0.3) is 0 Å². The Bertz CT molecular complexity index is 567. The van der Waals surface area contributed by atoms with Crippen LogP contribution < -0.4 is 4.90 Å². The Balaban J connectivity index is 2.42. The summed E-state index contributed by atoms with van der Waals surface area (Å²) >= 11 is 0. The highest BCUT2D eigenvalue weighted by Crippen LogP contribution is 2.23. The molecule has 2 rings (SSSR count). The van der Waals surface area contributed by atoms with E-state index in [0.29, 0.717) is 11.3 Å². The molecular formula is C14H13NO4. The van der Waals surface area contributed by atoms with Gasteiger partial charge in [0.05, 0.1) is 5.69 Å². The topological polar surface area (TPSA) is 66.8 Å². The fourth-order valence-corrected chi connectivity index (χ4v) is 1.83. The molecule has 1 fully saturated rings. The van der Waals surface area contributed by atoms with Gasteiger partial charge in [-0.3, -0.25) is 9.59 Å². The van der Waals surface area contributed by atoms with Crippen LogP contribution in [0.4, 0.5) is 5.69 Å². The standard InChI is InChI=1S/C14H13NO4/c1-10-4-5-11(3-2-6-16)7-12(10)15-13(17)8-19-9-14(15)18/h4-5,7,16H,6,8-9H2,1H3. The smallest absolute Gasteiger partial charge is 0.259 e. The summed E-state index contributed by atoms with van der Waals surface area (Å²) in [6, 6.07) is 5.22. The summed E-state index contributed by atoms with van der Waals surface area (Å²) in [5.41, 5.74) is 1.96. The molecule has 19 heavy (non-hydrogen) atoms. The van der Waals surface area contributed by atoms with Gasteiger partial charge < -0.3 is 9.84 Å². The molecule has 98 valence electrons. The molecule has 1 heterocycles. The van der Waals surface area contributed by atoms with Gasteiger partial charge in [0.25, 0.3) is 11.8 Å². The van der Waals surface area contributed by atoms with Gasteiger partial charge in [0.2, 0.25) is 0 Å². The quantitative estimate of drug-likeness (QED) is 0.579. The molecule has 0 bridgehead atoms. The van der Waals surface area contributed by atoms with Crippen molar-refractivity contribution in [2.45, 2.75) is 6.92 Å². The molecule has 0 radical (unpaired) electrons. The summed E-state index contributed by atoms with van der Waals surface area (Å²) < 4.78 is 4.88. The van der Waals surface area contributed by atoms with Crippen LogP contribution in [0, 0.1) is 18.8 Å². The lowest BCUT2D eigenvalue weighted by Gasteiger charge is -2.26. The number of hydrogen-bond acceptors (Lipinski definition) is 4. The lowest BCUT2D eigenvalue weighted by Crippen LogP contribution is -2.46. The predicted molar refractivity (Wildman–Crippen MR) is 68.5 cm³/mol. The van der Waals surface area contributed by atoms with E-state index in [4.69, 9.17) is 9.84 Å². The van der Waals surface area contributed by atoms with E-state index in [2.05, 4.69) is 11.8 Å². The number of rotatable bonds is 1. The summed E-state index contributed by atoms with van der Waals surface area (Å²) in [4.78, 5) is 24.7. The normalized spacial score (nSPS) is 15.2. The molecule has 1 aromatic carbocycles. The Morgan fingerprint density at radius 2 is 2.00 bits per heavy atom. The average Bonchev–Trinajstić information content (AvgIpc) is 2.39. The molecule has 1 N–H and O–H groups in total. The average molecular weight is 259 g/mol. The molecule has 0 spiro atoms. The second-order valence-corrected chi connectivity index (χ2v) is 4.08. The summed E-state index contributed by atoms with van der Waals surface area (Å²) in [6.45, 7) is 1.38. The maximum Gasteiger partial charge on any atom is 0.259 e. The second kappa shape index (κ2) is 5.65. The van der Waals surface area contributed by atoms with E-state index in [1.54, 1.807) is 18.2 Å². The van der Waals surface area contributed by atoms with E-state index in [0.717, 1.165) is 10.5 Å². The number of anilines is 1.